The smallest absolute Gasteiger partial charge is 0.337 e. The highest BCUT2D eigenvalue weighted by molar-refractivity contribution is 5.95. The Bertz CT molecular complexity index is 735. The number of aryl methyl sites for hydroxylation is 1. The first-order valence-corrected chi connectivity index (χ1v) is 6.71. The third kappa shape index (κ3) is 3.14. The molecule has 0 radical (unpaired) electrons. The number of fused-ring (bicyclic) bond motifs is 1. The first kappa shape index (κ1) is 14.9. The molecule has 1 heterocycles. The van der Waals surface area contributed by atoms with Crippen molar-refractivity contribution in [1.82, 2.24) is 4.57 Å². The highest BCUT2D eigenvalue weighted by Crippen LogP contribution is 2.23. The summed E-state index contributed by atoms with van der Waals surface area (Å²) in [5.74, 6) is -0.317. The Hall–Kier alpha value is -2.55. The summed E-state index contributed by atoms with van der Waals surface area (Å²) in [6.07, 6.45) is 7.61. The number of allylic oxidation sites excluding steroid dienone is 4. The number of methoxy groups -OCH3 is 1. The van der Waals surface area contributed by atoms with Crippen molar-refractivity contribution in [2.45, 2.75) is 13.5 Å². The van der Waals surface area contributed by atoms with E-state index in [1.807, 2.05) is 31.2 Å². The molecule has 1 aromatic heterocycles. The van der Waals surface area contributed by atoms with Gasteiger partial charge in [-0.2, -0.15) is 0 Å². The van der Waals surface area contributed by atoms with Crippen molar-refractivity contribution in [2.24, 2.45) is 0 Å². The van der Waals surface area contributed by atoms with Crippen LogP contribution in [0.1, 0.15) is 15.9 Å². The van der Waals surface area contributed by atoms with Crippen LogP contribution in [-0.2, 0) is 11.3 Å². The van der Waals surface area contributed by atoms with Crippen LogP contribution in [0.2, 0.25) is 0 Å². The first-order chi connectivity index (χ1) is 10.1. The lowest BCUT2D eigenvalue weighted by molar-refractivity contribution is 0.0601. The minimum absolute atomic E-state index is 0.317. The van der Waals surface area contributed by atoms with E-state index in [1.165, 1.54) is 7.11 Å². The van der Waals surface area contributed by atoms with Crippen LogP contribution in [0, 0.1) is 6.92 Å². The van der Waals surface area contributed by atoms with Crippen molar-refractivity contribution in [3.05, 3.63) is 72.5 Å². The van der Waals surface area contributed by atoms with Gasteiger partial charge in [0.05, 0.1) is 12.7 Å². The molecule has 0 atom stereocenters. The van der Waals surface area contributed by atoms with Crippen LogP contribution in [0.3, 0.4) is 0 Å². The van der Waals surface area contributed by atoms with Crippen LogP contribution in [0.4, 0.5) is 0 Å². The summed E-state index contributed by atoms with van der Waals surface area (Å²) in [6, 6.07) is 5.60. The normalized spacial score (nSPS) is 11.0. The van der Waals surface area contributed by atoms with Gasteiger partial charge in [0.2, 0.25) is 0 Å². The molecule has 0 aliphatic heterocycles. The van der Waals surface area contributed by atoms with Gasteiger partial charge < -0.3 is 9.30 Å². The van der Waals surface area contributed by atoms with Crippen molar-refractivity contribution in [3.63, 3.8) is 0 Å². The molecule has 0 bridgehead atoms. The van der Waals surface area contributed by atoms with E-state index < -0.39 is 0 Å². The molecule has 0 saturated heterocycles. The average Bonchev–Trinajstić information content (AvgIpc) is 2.80. The molecule has 1 aromatic carbocycles. The highest BCUT2D eigenvalue weighted by Gasteiger charge is 2.10. The summed E-state index contributed by atoms with van der Waals surface area (Å²) in [4.78, 5) is 11.6. The van der Waals surface area contributed by atoms with Crippen molar-refractivity contribution in [3.8, 4) is 0 Å². The number of carbonyl (C=O) groups excluding carboxylic acids is 1. The van der Waals surface area contributed by atoms with Gasteiger partial charge >= 0.3 is 5.97 Å². The number of rotatable bonds is 5. The number of nitrogens with zero attached hydrogens (tertiary/aromatic N) is 1. The molecule has 2 aromatic rings. The Morgan fingerprint density at radius 2 is 2.19 bits per heavy atom. The second kappa shape index (κ2) is 6.27. The second-order valence-corrected chi connectivity index (χ2v) is 4.92. The number of aromatic nitrogens is 1. The van der Waals surface area contributed by atoms with E-state index in [0.29, 0.717) is 12.1 Å². The SMILES string of the molecule is C=C/C=C\C(=C)Cn1cc(C)c2cc(C(=O)OC)ccc21. The van der Waals surface area contributed by atoms with Gasteiger partial charge in [-0.15, -0.1) is 0 Å². The molecule has 0 unspecified atom stereocenters. The number of hydrogen-bond donors (Lipinski definition) is 0. The zero-order valence-corrected chi connectivity index (χ0v) is 12.4. The second-order valence-electron chi connectivity index (χ2n) is 4.92. The lowest BCUT2D eigenvalue weighted by atomic mass is 10.1. The Morgan fingerprint density at radius 1 is 1.43 bits per heavy atom. The van der Waals surface area contributed by atoms with E-state index in [-0.39, 0.29) is 5.97 Å². The van der Waals surface area contributed by atoms with Crippen LogP contribution in [0.5, 0.6) is 0 Å². The van der Waals surface area contributed by atoms with Crippen LogP contribution in [0.25, 0.3) is 10.9 Å². The minimum atomic E-state index is -0.317. The molecule has 0 N–H and O–H groups in total. The Balaban J connectivity index is 2.39. The largest absolute Gasteiger partial charge is 0.465 e. The van der Waals surface area contributed by atoms with Gasteiger partial charge in [-0.1, -0.05) is 31.4 Å². The van der Waals surface area contributed by atoms with E-state index in [4.69, 9.17) is 4.74 Å². The molecule has 0 saturated carbocycles. The van der Waals surface area contributed by atoms with E-state index in [0.717, 1.165) is 22.0 Å². The zero-order valence-electron chi connectivity index (χ0n) is 12.4. The standard InChI is InChI=1S/C18H19NO2/c1-5-6-7-13(2)11-19-12-14(3)16-10-15(18(20)21-4)8-9-17(16)19/h5-10,12H,1-2,11H2,3-4H3/b7-6-. The molecule has 0 aliphatic rings. The quantitative estimate of drug-likeness (QED) is 0.612. The van der Waals surface area contributed by atoms with Gasteiger partial charge in [0.25, 0.3) is 0 Å². The number of hydrogen-bond acceptors (Lipinski definition) is 2. The number of carbonyl (C=O) groups is 1. The van der Waals surface area contributed by atoms with Crippen molar-refractivity contribution >= 4 is 16.9 Å². The molecule has 0 amide bonds. The number of ether oxygens (including phenoxy) is 1. The van der Waals surface area contributed by atoms with Crippen LogP contribution in [-0.4, -0.2) is 17.6 Å². The van der Waals surface area contributed by atoms with Gasteiger partial charge in [0.1, 0.15) is 0 Å². The van der Waals surface area contributed by atoms with E-state index in [2.05, 4.69) is 23.9 Å². The molecule has 3 heteroatoms. The fourth-order valence-electron chi connectivity index (χ4n) is 2.33. The molecule has 21 heavy (non-hydrogen) atoms. The maximum atomic E-state index is 11.6. The number of esters is 1. The van der Waals surface area contributed by atoms with E-state index in [9.17, 15) is 4.79 Å². The molecule has 108 valence electrons. The minimum Gasteiger partial charge on any atom is -0.465 e. The van der Waals surface area contributed by atoms with Crippen molar-refractivity contribution in [1.29, 1.82) is 0 Å². The molecular weight excluding hydrogens is 262 g/mol. The molecule has 2 rings (SSSR count). The van der Waals surface area contributed by atoms with Gasteiger partial charge in [-0.05, 0) is 36.3 Å². The Kier molecular flexibility index (Phi) is 4.43. The zero-order chi connectivity index (χ0) is 15.4. The van der Waals surface area contributed by atoms with Crippen LogP contribution >= 0.6 is 0 Å². The monoisotopic (exact) mass is 281 g/mol. The summed E-state index contributed by atoms with van der Waals surface area (Å²) in [7, 11) is 1.39. The Morgan fingerprint density at radius 3 is 2.86 bits per heavy atom. The van der Waals surface area contributed by atoms with Gasteiger partial charge in [0, 0.05) is 23.6 Å². The maximum Gasteiger partial charge on any atom is 0.337 e. The van der Waals surface area contributed by atoms with Crippen LogP contribution < -0.4 is 0 Å². The Labute approximate surface area is 124 Å². The topological polar surface area (TPSA) is 31.2 Å². The van der Waals surface area contributed by atoms with Gasteiger partial charge in [-0.3, -0.25) is 0 Å². The van der Waals surface area contributed by atoms with E-state index >= 15 is 0 Å². The average molecular weight is 281 g/mol. The molecule has 0 spiro atoms. The predicted octanol–water partition coefficient (Wildman–Crippen LogP) is 4.03. The third-order valence-electron chi connectivity index (χ3n) is 3.34. The molecule has 3 nitrogen and oxygen atoms in total. The lowest BCUT2D eigenvalue weighted by Gasteiger charge is -2.06. The highest BCUT2D eigenvalue weighted by atomic mass is 16.5. The maximum absolute atomic E-state index is 11.6. The molecule has 0 aliphatic carbocycles. The summed E-state index contributed by atoms with van der Waals surface area (Å²) in [5, 5.41) is 1.05. The first-order valence-electron chi connectivity index (χ1n) is 6.71. The summed E-state index contributed by atoms with van der Waals surface area (Å²) >= 11 is 0. The fraction of sp³-hybridized carbons (Fsp3) is 0.167. The third-order valence-corrected chi connectivity index (χ3v) is 3.34. The summed E-state index contributed by atoms with van der Waals surface area (Å²) in [5.41, 5.74) is 3.75. The van der Waals surface area contributed by atoms with Crippen LogP contribution in [0.15, 0.2) is 61.4 Å². The van der Waals surface area contributed by atoms with Crippen molar-refractivity contribution < 1.29 is 9.53 Å². The number of benzene rings is 1. The fourth-order valence-corrected chi connectivity index (χ4v) is 2.33. The molecular formula is C18H19NO2. The van der Waals surface area contributed by atoms with Gasteiger partial charge in [0.15, 0.2) is 0 Å². The van der Waals surface area contributed by atoms with E-state index in [1.54, 1.807) is 12.1 Å². The lowest BCUT2D eigenvalue weighted by Crippen LogP contribution is -2.01. The van der Waals surface area contributed by atoms with Crippen molar-refractivity contribution in [2.75, 3.05) is 7.11 Å². The summed E-state index contributed by atoms with van der Waals surface area (Å²) < 4.78 is 6.89. The predicted molar refractivity (Wildman–Crippen MR) is 86.5 cm³/mol. The van der Waals surface area contributed by atoms with Gasteiger partial charge in [-0.25, -0.2) is 4.79 Å². The summed E-state index contributed by atoms with van der Waals surface area (Å²) in [6.45, 7) is 10.4. The molecule has 0 fully saturated rings.